The van der Waals surface area contributed by atoms with Crippen LogP contribution in [0.3, 0.4) is 0 Å². The van der Waals surface area contributed by atoms with Gasteiger partial charge in [-0.1, -0.05) is 12.8 Å². The predicted molar refractivity (Wildman–Crippen MR) is 79.4 cm³/mol. The van der Waals surface area contributed by atoms with Gasteiger partial charge >= 0.3 is 0 Å². The minimum atomic E-state index is -2.90. The molecule has 2 rings (SSSR count). The minimum absolute atomic E-state index is 0.0197. The highest BCUT2D eigenvalue weighted by atomic mass is 32.2. The zero-order valence-electron chi connectivity index (χ0n) is 12.3. The van der Waals surface area contributed by atoms with E-state index in [1.807, 2.05) is 0 Å². The Kier molecular flexibility index (Phi) is 5.61. The van der Waals surface area contributed by atoms with E-state index < -0.39 is 9.84 Å². The molecule has 0 spiro atoms. The Balaban J connectivity index is 1.58. The number of rotatable bonds is 6. The first-order valence-corrected chi connectivity index (χ1v) is 9.53. The quantitative estimate of drug-likeness (QED) is 0.741. The van der Waals surface area contributed by atoms with Crippen LogP contribution in [-0.2, 0) is 19.4 Å². The summed E-state index contributed by atoms with van der Waals surface area (Å²) in [5, 5.41) is 5.67. The van der Waals surface area contributed by atoms with Gasteiger partial charge < -0.3 is 10.6 Å². The molecule has 1 unspecified atom stereocenters. The lowest BCUT2D eigenvalue weighted by atomic mass is 10.1. The Labute approximate surface area is 126 Å². The van der Waals surface area contributed by atoms with E-state index in [0.29, 0.717) is 13.0 Å². The number of amides is 2. The zero-order chi connectivity index (χ0) is 15.3. The van der Waals surface area contributed by atoms with Crippen LogP contribution >= 0.6 is 0 Å². The molecule has 1 heterocycles. The van der Waals surface area contributed by atoms with Gasteiger partial charge in [0.2, 0.25) is 11.8 Å². The zero-order valence-corrected chi connectivity index (χ0v) is 13.1. The van der Waals surface area contributed by atoms with Crippen molar-refractivity contribution in [2.75, 3.05) is 18.1 Å². The van der Waals surface area contributed by atoms with E-state index in [0.717, 1.165) is 25.7 Å². The summed E-state index contributed by atoms with van der Waals surface area (Å²) in [5.41, 5.74) is 0. The summed E-state index contributed by atoms with van der Waals surface area (Å²) in [6.07, 6.45) is 5.38. The Morgan fingerprint density at radius 3 is 2.29 bits per heavy atom. The summed E-state index contributed by atoms with van der Waals surface area (Å²) in [5.74, 6) is 0.153. The molecule has 2 amide bonds. The first-order chi connectivity index (χ1) is 9.94. The van der Waals surface area contributed by atoms with Crippen LogP contribution in [0.1, 0.15) is 44.9 Å². The molecule has 6 nitrogen and oxygen atoms in total. The highest BCUT2D eigenvalue weighted by Gasteiger charge is 2.27. The van der Waals surface area contributed by atoms with Crippen molar-refractivity contribution < 1.29 is 18.0 Å². The van der Waals surface area contributed by atoms with Crippen LogP contribution < -0.4 is 10.6 Å². The molecule has 21 heavy (non-hydrogen) atoms. The smallest absolute Gasteiger partial charge is 0.220 e. The molecule has 0 aromatic carbocycles. The lowest BCUT2D eigenvalue weighted by molar-refractivity contribution is -0.126. The van der Waals surface area contributed by atoms with Crippen molar-refractivity contribution in [3.8, 4) is 0 Å². The Morgan fingerprint density at radius 2 is 1.67 bits per heavy atom. The van der Waals surface area contributed by atoms with Gasteiger partial charge in [-0.15, -0.1) is 0 Å². The number of hydrogen-bond acceptors (Lipinski definition) is 4. The molecule has 0 radical (unpaired) electrons. The lowest BCUT2D eigenvalue weighted by Gasteiger charge is -2.12. The van der Waals surface area contributed by atoms with Crippen LogP contribution in [0, 0.1) is 5.92 Å². The summed E-state index contributed by atoms with van der Waals surface area (Å²) in [4.78, 5) is 23.3. The fourth-order valence-corrected chi connectivity index (χ4v) is 4.84. The van der Waals surface area contributed by atoms with Gasteiger partial charge in [0, 0.05) is 25.4 Å². The van der Waals surface area contributed by atoms with Gasteiger partial charge in [0.05, 0.1) is 11.5 Å². The van der Waals surface area contributed by atoms with Crippen LogP contribution in [0.15, 0.2) is 0 Å². The molecule has 120 valence electrons. The van der Waals surface area contributed by atoms with E-state index in [9.17, 15) is 18.0 Å². The summed E-state index contributed by atoms with van der Waals surface area (Å²) < 4.78 is 22.6. The molecular weight excluding hydrogens is 292 g/mol. The molecule has 0 aromatic rings. The van der Waals surface area contributed by atoms with Gasteiger partial charge in [-0.2, -0.15) is 0 Å². The molecule has 1 atom stereocenters. The van der Waals surface area contributed by atoms with Crippen molar-refractivity contribution in [2.45, 2.75) is 51.0 Å². The van der Waals surface area contributed by atoms with Gasteiger partial charge in [0.15, 0.2) is 9.84 Å². The molecule has 1 aliphatic heterocycles. The molecule has 2 N–H and O–H groups in total. The summed E-state index contributed by atoms with van der Waals surface area (Å²) in [6.45, 7) is 0.391. The standard InChI is InChI=1S/C14H24N2O4S/c17-13(15-9-11-7-8-21(19,20)10-11)5-6-14(18)16-12-3-1-2-4-12/h11-12H,1-10H2,(H,15,17)(H,16,18). The van der Waals surface area contributed by atoms with Crippen molar-refractivity contribution in [3.63, 3.8) is 0 Å². The first kappa shape index (κ1) is 16.3. The molecule has 1 aliphatic carbocycles. The van der Waals surface area contributed by atoms with Gasteiger partial charge in [-0.05, 0) is 25.2 Å². The molecule has 1 saturated carbocycles. The number of carbonyl (C=O) groups is 2. The van der Waals surface area contributed by atoms with Crippen molar-refractivity contribution in [1.82, 2.24) is 10.6 Å². The maximum absolute atomic E-state index is 11.7. The Hall–Kier alpha value is -1.11. The lowest BCUT2D eigenvalue weighted by Crippen LogP contribution is -2.34. The molecule has 0 bridgehead atoms. The van der Waals surface area contributed by atoms with Gasteiger partial charge in [-0.3, -0.25) is 9.59 Å². The average Bonchev–Trinajstić information content (AvgIpc) is 3.03. The number of nitrogens with one attached hydrogen (secondary N) is 2. The van der Waals surface area contributed by atoms with Crippen LogP contribution in [0.25, 0.3) is 0 Å². The first-order valence-electron chi connectivity index (χ1n) is 7.71. The molecule has 7 heteroatoms. The largest absolute Gasteiger partial charge is 0.356 e. The molecule has 0 aromatic heterocycles. The van der Waals surface area contributed by atoms with E-state index in [2.05, 4.69) is 10.6 Å². The predicted octanol–water partition coefficient (Wildman–Crippen LogP) is 0.376. The SMILES string of the molecule is O=C(CCC(=O)NC1CCCC1)NCC1CCS(=O)(=O)C1. The van der Waals surface area contributed by atoms with E-state index in [-0.39, 0.29) is 48.1 Å². The van der Waals surface area contributed by atoms with Gasteiger partial charge in [0.25, 0.3) is 0 Å². The second-order valence-electron chi connectivity index (χ2n) is 6.12. The monoisotopic (exact) mass is 316 g/mol. The summed E-state index contributed by atoms with van der Waals surface area (Å²) >= 11 is 0. The summed E-state index contributed by atoms with van der Waals surface area (Å²) in [6, 6.07) is 0.282. The number of carbonyl (C=O) groups excluding carboxylic acids is 2. The molecule has 2 fully saturated rings. The third-order valence-corrected chi connectivity index (χ3v) is 6.05. The van der Waals surface area contributed by atoms with Crippen LogP contribution in [-0.4, -0.2) is 44.3 Å². The Bertz CT molecular complexity index is 483. The average molecular weight is 316 g/mol. The fourth-order valence-electron chi connectivity index (χ4n) is 2.98. The number of hydrogen-bond donors (Lipinski definition) is 2. The van der Waals surface area contributed by atoms with E-state index in [1.54, 1.807) is 0 Å². The highest BCUT2D eigenvalue weighted by molar-refractivity contribution is 7.91. The van der Waals surface area contributed by atoms with Gasteiger partial charge in [-0.25, -0.2) is 8.42 Å². The highest BCUT2D eigenvalue weighted by Crippen LogP contribution is 2.18. The topological polar surface area (TPSA) is 92.3 Å². The van der Waals surface area contributed by atoms with E-state index >= 15 is 0 Å². The van der Waals surface area contributed by atoms with Crippen molar-refractivity contribution in [2.24, 2.45) is 5.92 Å². The third-order valence-electron chi connectivity index (χ3n) is 4.21. The van der Waals surface area contributed by atoms with Crippen molar-refractivity contribution in [3.05, 3.63) is 0 Å². The van der Waals surface area contributed by atoms with Crippen LogP contribution in [0.4, 0.5) is 0 Å². The normalized spacial score (nSPS) is 24.9. The van der Waals surface area contributed by atoms with Crippen LogP contribution in [0.5, 0.6) is 0 Å². The maximum Gasteiger partial charge on any atom is 0.220 e. The van der Waals surface area contributed by atoms with Crippen molar-refractivity contribution >= 4 is 21.7 Å². The maximum atomic E-state index is 11.7. The fraction of sp³-hybridized carbons (Fsp3) is 0.857. The summed E-state index contributed by atoms with van der Waals surface area (Å²) in [7, 11) is -2.90. The second kappa shape index (κ2) is 7.24. The third kappa shape index (κ3) is 5.65. The minimum Gasteiger partial charge on any atom is -0.356 e. The van der Waals surface area contributed by atoms with Crippen molar-refractivity contribution in [1.29, 1.82) is 0 Å². The van der Waals surface area contributed by atoms with E-state index in [4.69, 9.17) is 0 Å². The molecular formula is C14H24N2O4S. The molecule has 2 aliphatic rings. The van der Waals surface area contributed by atoms with E-state index in [1.165, 1.54) is 0 Å². The second-order valence-corrected chi connectivity index (χ2v) is 8.35. The van der Waals surface area contributed by atoms with Gasteiger partial charge in [0.1, 0.15) is 0 Å². The molecule has 1 saturated heterocycles. The van der Waals surface area contributed by atoms with Crippen LogP contribution in [0.2, 0.25) is 0 Å². The number of sulfone groups is 1. The Morgan fingerprint density at radius 1 is 1.00 bits per heavy atom.